The normalized spacial score (nSPS) is 24.3. The fraction of sp³-hybridized carbons (Fsp3) is 0.273. The van der Waals surface area contributed by atoms with Crippen LogP contribution in [0.4, 0.5) is 5.69 Å². The summed E-state index contributed by atoms with van der Waals surface area (Å²) in [5.74, 6) is 0. The third kappa shape index (κ3) is 1.52. The van der Waals surface area contributed by atoms with Gasteiger partial charge in [0.1, 0.15) is 6.54 Å². The van der Waals surface area contributed by atoms with E-state index in [4.69, 9.17) is 0 Å². The molecule has 1 atom stereocenters. The molecule has 80 valence electrons. The Morgan fingerprint density at radius 2 is 2.00 bits per heavy atom. The van der Waals surface area contributed by atoms with Crippen LogP contribution in [0.15, 0.2) is 30.3 Å². The average Bonchev–Trinajstić information content (AvgIpc) is 2.30. The topological polar surface area (TPSA) is 47.1 Å². The zero-order valence-corrected chi connectivity index (χ0v) is 8.95. The summed E-state index contributed by atoms with van der Waals surface area (Å²) >= 11 is 0. The van der Waals surface area contributed by atoms with Crippen molar-refractivity contribution in [1.29, 1.82) is 0 Å². The van der Waals surface area contributed by atoms with Crippen LogP contribution in [0.25, 0.3) is 5.70 Å². The molecule has 1 unspecified atom stereocenters. The molecule has 2 N–H and O–H groups in total. The highest BCUT2D eigenvalue weighted by atomic mass is 16.6. The van der Waals surface area contributed by atoms with Crippen molar-refractivity contribution in [3.63, 3.8) is 0 Å². The summed E-state index contributed by atoms with van der Waals surface area (Å²) in [7, 11) is 3.55. The van der Waals surface area contributed by atoms with Crippen LogP contribution in [0, 0.1) is 5.21 Å². The lowest BCUT2D eigenvalue weighted by atomic mass is 10.1. The van der Waals surface area contributed by atoms with Gasteiger partial charge in [0.05, 0.1) is 5.56 Å². The van der Waals surface area contributed by atoms with Gasteiger partial charge < -0.3 is 10.5 Å². The largest absolute Gasteiger partial charge is 0.606 e. The van der Waals surface area contributed by atoms with Crippen LogP contribution in [0.2, 0.25) is 0 Å². The van der Waals surface area contributed by atoms with E-state index in [1.165, 1.54) is 0 Å². The van der Waals surface area contributed by atoms with Gasteiger partial charge in [-0.2, -0.15) is 5.43 Å². The third-order valence-corrected chi connectivity index (χ3v) is 2.77. The second-order valence-electron chi connectivity index (χ2n) is 3.53. The quantitative estimate of drug-likeness (QED) is 0.563. The third-order valence-electron chi connectivity index (χ3n) is 2.77. The summed E-state index contributed by atoms with van der Waals surface area (Å²) in [6.07, 6.45) is 1.92. The first-order valence-corrected chi connectivity index (χ1v) is 4.97. The number of para-hydroxylation sites is 1. The van der Waals surface area contributed by atoms with Crippen LogP contribution in [0.3, 0.4) is 0 Å². The SMILES string of the molecule is CNC1=CC[N+]([O-])(NC)c2ccccc21. The van der Waals surface area contributed by atoms with Crippen molar-refractivity contribution in [2.45, 2.75) is 0 Å². The van der Waals surface area contributed by atoms with E-state index in [1.807, 2.05) is 37.4 Å². The maximum absolute atomic E-state index is 12.3. The van der Waals surface area contributed by atoms with Crippen molar-refractivity contribution < 1.29 is 0 Å². The summed E-state index contributed by atoms with van der Waals surface area (Å²) in [5, 5.41) is 15.4. The van der Waals surface area contributed by atoms with E-state index in [0.717, 1.165) is 16.9 Å². The molecule has 1 aliphatic heterocycles. The van der Waals surface area contributed by atoms with Gasteiger partial charge in [0.15, 0.2) is 5.69 Å². The van der Waals surface area contributed by atoms with E-state index >= 15 is 0 Å². The van der Waals surface area contributed by atoms with Crippen molar-refractivity contribution in [3.05, 3.63) is 41.1 Å². The first-order valence-electron chi connectivity index (χ1n) is 4.97. The number of quaternary nitrogens is 1. The van der Waals surface area contributed by atoms with Crippen LogP contribution in [0.5, 0.6) is 0 Å². The number of benzene rings is 1. The van der Waals surface area contributed by atoms with Crippen LogP contribution >= 0.6 is 0 Å². The average molecular weight is 205 g/mol. The van der Waals surface area contributed by atoms with Gasteiger partial charge in [-0.3, -0.25) is 0 Å². The molecule has 0 saturated heterocycles. The molecule has 0 bridgehead atoms. The molecule has 1 aliphatic rings. The standard InChI is InChI=1S/C11H15N3O/c1-12-10-7-8-14(15,13-2)11-6-4-3-5-9(10)11/h3-7,12-13H,8H2,1-2H3. The summed E-state index contributed by atoms with van der Waals surface area (Å²) in [5.41, 5.74) is 5.53. The Labute approximate surface area is 89.3 Å². The van der Waals surface area contributed by atoms with Crippen LogP contribution < -0.4 is 15.5 Å². The van der Waals surface area contributed by atoms with E-state index < -0.39 is 4.76 Å². The summed E-state index contributed by atoms with van der Waals surface area (Å²) in [6.45, 7) is 0.406. The van der Waals surface area contributed by atoms with Crippen LogP contribution in [0.1, 0.15) is 5.56 Å². The molecule has 4 heteroatoms. The monoisotopic (exact) mass is 205 g/mol. The highest BCUT2D eigenvalue weighted by Gasteiger charge is 2.27. The molecule has 0 fully saturated rings. The lowest BCUT2D eigenvalue weighted by Crippen LogP contribution is -2.54. The Morgan fingerprint density at radius 1 is 1.27 bits per heavy atom. The Kier molecular flexibility index (Phi) is 2.48. The fourth-order valence-electron chi connectivity index (χ4n) is 1.89. The molecule has 0 aliphatic carbocycles. The molecule has 0 radical (unpaired) electrons. The Bertz CT molecular complexity index is 403. The van der Waals surface area contributed by atoms with Crippen molar-refractivity contribution >= 4 is 11.4 Å². The van der Waals surface area contributed by atoms with E-state index in [9.17, 15) is 5.21 Å². The van der Waals surface area contributed by atoms with Crippen molar-refractivity contribution in [2.75, 3.05) is 20.6 Å². The summed E-state index contributed by atoms with van der Waals surface area (Å²) in [6, 6.07) is 7.65. The number of hydrogen-bond donors (Lipinski definition) is 2. The van der Waals surface area contributed by atoms with E-state index in [0.29, 0.717) is 6.54 Å². The van der Waals surface area contributed by atoms with Gasteiger partial charge in [-0.25, -0.2) is 4.76 Å². The van der Waals surface area contributed by atoms with E-state index in [2.05, 4.69) is 10.7 Å². The highest BCUT2D eigenvalue weighted by Crippen LogP contribution is 2.32. The van der Waals surface area contributed by atoms with Gasteiger partial charge in [-0.05, 0) is 12.1 Å². The number of hydrogen-bond acceptors (Lipinski definition) is 3. The molecule has 0 saturated carbocycles. The summed E-state index contributed by atoms with van der Waals surface area (Å²) in [4.78, 5) is 0. The van der Waals surface area contributed by atoms with Crippen molar-refractivity contribution in [1.82, 2.24) is 15.5 Å². The molecule has 15 heavy (non-hydrogen) atoms. The minimum Gasteiger partial charge on any atom is -0.606 e. The lowest BCUT2D eigenvalue weighted by Gasteiger charge is -2.42. The second kappa shape index (κ2) is 3.66. The molecule has 2 rings (SSSR count). The Morgan fingerprint density at radius 3 is 2.67 bits per heavy atom. The molecule has 4 nitrogen and oxygen atoms in total. The van der Waals surface area contributed by atoms with Gasteiger partial charge in [-0.15, -0.1) is 0 Å². The molecular weight excluding hydrogens is 190 g/mol. The lowest BCUT2D eigenvalue weighted by molar-refractivity contribution is 0.322. The van der Waals surface area contributed by atoms with Crippen LogP contribution in [-0.2, 0) is 0 Å². The number of rotatable bonds is 2. The highest BCUT2D eigenvalue weighted by molar-refractivity contribution is 5.77. The second-order valence-corrected chi connectivity index (χ2v) is 3.53. The van der Waals surface area contributed by atoms with Crippen molar-refractivity contribution in [2.24, 2.45) is 0 Å². The molecule has 1 aromatic carbocycles. The molecule has 0 aromatic heterocycles. The first kappa shape index (κ1) is 10.2. The van der Waals surface area contributed by atoms with Gasteiger partial charge >= 0.3 is 0 Å². The molecule has 1 aromatic rings. The number of nitrogens with zero attached hydrogens (tertiary/aromatic N) is 1. The number of fused-ring (bicyclic) bond motifs is 1. The maximum Gasteiger partial charge on any atom is 0.161 e. The van der Waals surface area contributed by atoms with Gasteiger partial charge in [0.2, 0.25) is 0 Å². The minimum absolute atomic E-state index is 0.406. The van der Waals surface area contributed by atoms with Gasteiger partial charge in [-0.1, -0.05) is 12.1 Å². The Hall–Kier alpha value is -1.36. The molecule has 1 heterocycles. The van der Waals surface area contributed by atoms with E-state index in [1.54, 1.807) is 7.05 Å². The minimum atomic E-state index is -0.499. The fourth-order valence-corrected chi connectivity index (χ4v) is 1.89. The predicted molar refractivity (Wildman–Crippen MR) is 62.6 cm³/mol. The zero-order valence-electron chi connectivity index (χ0n) is 8.95. The van der Waals surface area contributed by atoms with Gasteiger partial charge in [0, 0.05) is 25.9 Å². The van der Waals surface area contributed by atoms with Crippen LogP contribution in [-0.4, -0.2) is 20.6 Å². The van der Waals surface area contributed by atoms with Gasteiger partial charge in [0.25, 0.3) is 0 Å². The molecule has 0 amide bonds. The summed E-state index contributed by atoms with van der Waals surface area (Å²) < 4.78 is -0.499. The molecule has 0 spiro atoms. The maximum atomic E-state index is 12.3. The smallest absolute Gasteiger partial charge is 0.161 e. The molecular formula is C11H15N3O. The number of nitrogens with one attached hydrogen (secondary N) is 2. The number of hydroxylamine groups is 1. The van der Waals surface area contributed by atoms with Crippen molar-refractivity contribution in [3.8, 4) is 0 Å². The van der Waals surface area contributed by atoms with E-state index in [-0.39, 0.29) is 0 Å². The first-order chi connectivity index (χ1) is 7.21. The Balaban J connectivity index is 2.56. The predicted octanol–water partition coefficient (Wildman–Crippen LogP) is 1.20. The zero-order chi connectivity index (χ0) is 10.9.